The first-order valence-corrected chi connectivity index (χ1v) is 6.50. The number of piperidine rings is 1. The van der Waals surface area contributed by atoms with Crippen molar-refractivity contribution in [2.45, 2.75) is 52.6 Å². The topological polar surface area (TPSA) is 69.6 Å². The first kappa shape index (κ1) is 15.0. The summed E-state index contributed by atoms with van der Waals surface area (Å²) in [5.41, 5.74) is -0.339. The average molecular weight is 256 g/mol. The van der Waals surface area contributed by atoms with Gasteiger partial charge in [0.15, 0.2) is 0 Å². The third kappa shape index (κ3) is 3.98. The smallest absolute Gasteiger partial charge is 0.320 e. The predicted octanol–water partition coefficient (Wildman–Crippen LogP) is 1.09. The molecule has 1 aliphatic heterocycles. The van der Waals surface area contributed by atoms with E-state index in [-0.39, 0.29) is 17.4 Å². The molecule has 1 heterocycles. The van der Waals surface area contributed by atoms with Gasteiger partial charge in [0.25, 0.3) is 0 Å². The average Bonchev–Trinajstić information content (AvgIpc) is 2.27. The molecule has 0 aromatic rings. The highest BCUT2D eigenvalue weighted by Crippen LogP contribution is 2.21. The molecule has 0 aliphatic carbocycles. The van der Waals surface area contributed by atoms with Crippen LogP contribution in [0.4, 0.5) is 0 Å². The van der Waals surface area contributed by atoms with Crippen LogP contribution in [-0.2, 0) is 9.59 Å². The van der Waals surface area contributed by atoms with Crippen molar-refractivity contribution in [1.29, 1.82) is 0 Å². The molecule has 0 saturated carbocycles. The lowest BCUT2D eigenvalue weighted by molar-refractivity contribution is -0.142. The molecule has 18 heavy (non-hydrogen) atoms. The van der Waals surface area contributed by atoms with Crippen LogP contribution in [0, 0.1) is 5.41 Å². The highest BCUT2D eigenvalue weighted by atomic mass is 16.4. The van der Waals surface area contributed by atoms with Crippen LogP contribution < -0.4 is 5.32 Å². The molecule has 1 aliphatic rings. The number of hydrogen-bond donors (Lipinski definition) is 2. The summed E-state index contributed by atoms with van der Waals surface area (Å²) in [7, 11) is 0. The summed E-state index contributed by atoms with van der Waals surface area (Å²) < 4.78 is 0. The number of aliphatic carboxylic acids is 1. The molecule has 1 rings (SSSR count). The number of nitrogens with one attached hydrogen (secondary N) is 1. The molecule has 0 aromatic heterocycles. The quantitative estimate of drug-likeness (QED) is 0.793. The maximum Gasteiger partial charge on any atom is 0.320 e. The van der Waals surface area contributed by atoms with Crippen LogP contribution in [0.25, 0.3) is 0 Å². The molecule has 0 aromatic carbocycles. The van der Waals surface area contributed by atoms with Gasteiger partial charge < -0.3 is 15.3 Å². The minimum absolute atomic E-state index is 0.173. The molecule has 1 amide bonds. The lowest BCUT2D eigenvalue weighted by Gasteiger charge is -2.36. The zero-order chi connectivity index (χ0) is 13.9. The molecular weight excluding hydrogens is 232 g/mol. The Labute approximate surface area is 109 Å². The Balaban J connectivity index is 2.42. The maximum absolute atomic E-state index is 12.1. The number of rotatable bonds is 3. The zero-order valence-corrected chi connectivity index (χ0v) is 11.7. The van der Waals surface area contributed by atoms with E-state index in [4.69, 9.17) is 5.11 Å². The highest BCUT2D eigenvalue weighted by Gasteiger charge is 2.30. The summed E-state index contributed by atoms with van der Waals surface area (Å²) in [6, 6.07) is -0.333. The van der Waals surface area contributed by atoms with Gasteiger partial charge in [-0.05, 0) is 19.8 Å². The van der Waals surface area contributed by atoms with Gasteiger partial charge in [-0.15, -0.1) is 0 Å². The Morgan fingerprint density at radius 3 is 2.17 bits per heavy atom. The Morgan fingerprint density at radius 1 is 1.28 bits per heavy atom. The molecular formula is C13H24N2O3. The number of likely N-dealkylation sites (tertiary alicyclic amines) is 1. The fourth-order valence-electron chi connectivity index (χ4n) is 2.15. The number of carbonyl (C=O) groups excluding carboxylic acids is 1. The van der Waals surface area contributed by atoms with E-state index in [0.29, 0.717) is 13.1 Å². The Bertz CT molecular complexity index is 315. The summed E-state index contributed by atoms with van der Waals surface area (Å²) in [6.07, 6.45) is 1.64. The summed E-state index contributed by atoms with van der Waals surface area (Å²) >= 11 is 0. The highest BCUT2D eigenvalue weighted by molar-refractivity contribution is 5.81. The lowest BCUT2D eigenvalue weighted by Crippen LogP contribution is -2.50. The van der Waals surface area contributed by atoms with E-state index in [1.165, 1.54) is 0 Å². The number of nitrogens with zero attached hydrogens (tertiary/aromatic N) is 1. The van der Waals surface area contributed by atoms with Gasteiger partial charge in [-0.1, -0.05) is 20.8 Å². The molecule has 1 unspecified atom stereocenters. The van der Waals surface area contributed by atoms with Crippen molar-refractivity contribution in [2.24, 2.45) is 5.41 Å². The van der Waals surface area contributed by atoms with Crippen LogP contribution in [0.5, 0.6) is 0 Å². The van der Waals surface area contributed by atoms with E-state index in [2.05, 4.69) is 5.32 Å². The maximum atomic E-state index is 12.1. The summed E-state index contributed by atoms with van der Waals surface area (Å²) in [5.74, 6) is -0.657. The molecule has 0 spiro atoms. The third-order valence-corrected chi connectivity index (χ3v) is 3.28. The molecule has 1 atom stereocenters. The number of amides is 1. The van der Waals surface area contributed by atoms with Gasteiger partial charge in [-0.2, -0.15) is 0 Å². The monoisotopic (exact) mass is 256 g/mol. The second kappa shape index (κ2) is 5.69. The van der Waals surface area contributed by atoms with Crippen molar-refractivity contribution < 1.29 is 14.7 Å². The minimum Gasteiger partial charge on any atom is -0.480 e. The van der Waals surface area contributed by atoms with Crippen molar-refractivity contribution in [3.63, 3.8) is 0 Å². The van der Waals surface area contributed by atoms with Gasteiger partial charge >= 0.3 is 5.97 Å². The van der Waals surface area contributed by atoms with Crippen molar-refractivity contribution in [2.75, 3.05) is 13.1 Å². The third-order valence-electron chi connectivity index (χ3n) is 3.28. The molecule has 1 saturated heterocycles. The first-order valence-electron chi connectivity index (χ1n) is 6.50. The summed E-state index contributed by atoms with van der Waals surface area (Å²) in [5, 5.41) is 11.9. The van der Waals surface area contributed by atoms with Gasteiger partial charge in [-0.25, -0.2) is 0 Å². The number of carboxylic acids is 1. The van der Waals surface area contributed by atoms with E-state index in [1.54, 1.807) is 6.92 Å². The second-order valence-electron chi connectivity index (χ2n) is 6.04. The number of hydrogen-bond acceptors (Lipinski definition) is 3. The molecule has 0 radical (unpaired) electrons. The largest absolute Gasteiger partial charge is 0.480 e. The zero-order valence-electron chi connectivity index (χ0n) is 11.7. The molecule has 5 nitrogen and oxygen atoms in total. The lowest BCUT2D eigenvalue weighted by atomic mass is 9.93. The molecule has 1 fully saturated rings. The van der Waals surface area contributed by atoms with E-state index < -0.39 is 12.0 Å². The van der Waals surface area contributed by atoms with E-state index >= 15 is 0 Å². The minimum atomic E-state index is -0.830. The molecule has 5 heteroatoms. The van der Waals surface area contributed by atoms with Gasteiger partial charge in [0, 0.05) is 24.5 Å². The number of carboxylic acid groups (broad SMARTS) is 1. The van der Waals surface area contributed by atoms with Crippen LogP contribution in [0.1, 0.15) is 40.5 Å². The van der Waals surface area contributed by atoms with Crippen LogP contribution in [0.2, 0.25) is 0 Å². The van der Waals surface area contributed by atoms with Crippen molar-refractivity contribution in [1.82, 2.24) is 10.2 Å². The van der Waals surface area contributed by atoms with Gasteiger partial charge in [-0.3, -0.25) is 9.59 Å². The fourth-order valence-corrected chi connectivity index (χ4v) is 2.15. The van der Waals surface area contributed by atoms with Crippen molar-refractivity contribution >= 4 is 11.9 Å². The summed E-state index contributed by atoms with van der Waals surface area (Å²) in [4.78, 5) is 24.7. The van der Waals surface area contributed by atoms with E-state index in [1.807, 2.05) is 25.7 Å². The van der Waals surface area contributed by atoms with Gasteiger partial charge in [0.2, 0.25) is 5.91 Å². The Morgan fingerprint density at radius 2 is 1.78 bits per heavy atom. The predicted molar refractivity (Wildman–Crippen MR) is 69.3 cm³/mol. The molecule has 2 N–H and O–H groups in total. The van der Waals surface area contributed by atoms with E-state index in [0.717, 1.165) is 12.8 Å². The van der Waals surface area contributed by atoms with Crippen LogP contribution in [0.3, 0.4) is 0 Å². The fraction of sp³-hybridized carbons (Fsp3) is 0.846. The Kier molecular flexibility index (Phi) is 4.73. The standard InChI is InChI=1S/C13H24N2O3/c1-9(11(16)17)14-10-5-7-15(8-6-10)12(18)13(2,3)4/h9-10,14H,5-8H2,1-4H3,(H,16,17). The SMILES string of the molecule is CC(NC1CCN(C(=O)C(C)(C)C)CC1)C(=O)O. The normalized spacial score (nSPS) is 19.7. The van der Waals surface area contributed by atoms with Crippen molar-refractivity contribution in [3.05, 3.63) is 0 Å². The number of carbonyl (C=O) groups is 2. The van der Waals surface area contributed by atoms with Crippen LogP contribution in [-0.4, -0.2) is 47.1 Å². The van der Waals surface area contributed by atoms with Gasteiger partial charge in [0.05, 0.1) is 0 Å². The van der Waals surface area contributed by atoms with Gasteiger partial charge in [0.1, 0.15) is 6.04 Å². The van der Waals surface area contributed by atoms with Crippen molar-refractivity contribution in [3.8, 4) is 0 Å². The molecule has 0 bridgehead atoms. The molecule has 104 valence electrons. The Hall–Kier alpha value is -1.10. The second-order valence-corrected chi connectivity index (χ2v) is 6.04. The van der Waals surface area contributed by atoms with Crippen LogP contribution in [0.15, 0.2) is 0 Å². The van der Waals surface area contributed by atoms with E-state index in [9.17, 15) is 9.59 Å². The summed E-state index contributed by atoms with van der Waals surface area (Å²) in [6.45, 7) is 8.83. The first-order chi connectivity index (χ1) is 8.21. The van der Waals surface area contributed by atoms with Crippen LogP contribution >= 0.6 is 0 Å².